The van der Waals surface area contributed by atoms with Gasteiger partial charge in [0.25, 0.3) is 0 Å². The van der Waals surface area contributed by atoms with Crippen LogP contribution in [0.2, 0.25) is 0 Å². The first-order chi connectivity index (χ1) is 8.78. The number of benzene rings is 1. The van der Waals surface area contributed by atoms with Crippen LogP contribution in [-0.2, 0) is 6.54 Å². The average Bonchev–Trinajstić information content (AvgIpc) is 2.87. The van der Waals surface area contributed by atoms with Crippen molar-refractivity contribution in [1.82, 2.24) is 9.78 Å². The summed E-state index contributed by atoms with van der Waals surface area (Å²) < 4.78 is 12.4. The fourth-order valence-corrected chi connectivity index (χ4v) is 1.79. The summed E-state index contributed by atoms with van der Waals surface area (Å²) in [7, 11) is 3.27. The van der Waals surface area contributed by atoms with E-state index < -0.39 is 0 Å². The van der Waals surface area contributed by atoms with Crippen LogP contribution in [0.15, 0.2) is 30.6 Å². The molecular formula is C13H17N3O2. The van der Waals surface area contributed by atoms with E-state index in [1.165, 1.54) is 0 Å². The van der Waals surface area contributed by atoms with Crippen molar-refractivity contribution in [3.05, 3.63) is 30.6 Å². The van der Waals surface area contributed by atoms with E-state index in [1.54, 1.807) is 20.4 Å². The number of ether oxygens (including phenoxy) is 2. The van der Waals surface area contributed by atoms with E-state index in [1.807, 2.05) is 29.1 Å². The van der Waals surface area contributed by atoms with Crippen LogP contribution in [0.25, 0.3) is 11.1 Å². The van der Waals surface area contributed by atoms with Gasteiger partial charge in [0.05, 0.1) is 27.0 Å². The molecule has 0 aliphatic carbocycles. The second-order valence-corrected chi connectivity index (χ2v) is 3.85. The van der Waals surface area contributed by atoms with E-state index in [4.69, 9.17) is 15.2 Å². The second kappa shape index (κ2) is 5.55. The van der Waals surface area contributed by atoms with E-state index in [0.29, 0.717) is 13.1 Å². The van der Waals surface area contributed by atoms with Crippen LogP contribution in [-0.4, -0.2) is 30.5 Å². The lowest BCUT2D eigenvalue weighted by Gasteiger charge is -2.08. The van der Waals surface area contributed by atoms with Crippen molar-refractivity contribution in [3.63, 3.8) is 0 Å². The van der Waals surface area contributed by atoms with Crippen LogP contribution < -0.4 is 15.2 Å². The molecule has 0 spiro atoms. The van der Waals surface area contributed by atoms with Gasteiger partial charge in [-0.3, -0.25) is 4.68 Å². The molecule has 0 radical (unpaired) electrons. The number of hydrogen-bond acceptors (Lipinski definition) is 4. The Morgan fingerprint density at radius 2 is 2.11 bits per heavy atom. The summed E-state index contributed by atoms with van der Waals surface area (Å²) in [6.45, 7) is 1.28. The minimum atomic E-state index is 0.570. The van der Waals surface area contributed by atoms with Crippen LogP contribution in [0.5, 0.6) is 11.5 Å². The van der Waals surface area contributed by atoms with Gasteiger partial charge in [-0.1, -0.05) is 0 Å². The summed E-state index contributed by atoms with van der Waals surface area (Å²) in [4.78, 5) is 0. The number of rotatable bonds is 5. The monoisotopic (exact) mass is 247 g/mol. The van der Waals surface area contributed by atoms with E-state index >= 15 is 0 Å². The van der Waals surface area contributed by atoms with Crippen LogP contribution in [0.1, 0.15) is 0 Å². The number of hydrogen-bond donors (Lipinski definition) is 1. The van der Waals surface area contributed by atoms with Gasteiger partial charge >= 0.3 is 0 Å². The highest BCUT2D eigenvalue weighted by molar-refractivity contribution is 5.70. The van der Waals surface area contributed by atoms with Crippen molar-refractivity contribution in [2.24, 2.45) is 5.73 Å². The lowest BCUT2D eigenvalue weighted by Crippen LogP contribution is -2.09. The highest BCUT2D eigenvalue weighted by Crippen LogP contribution is 2.32. The molecule has 0 atom stereocenters. The van der Waals surface area contributed by atoms with E-state index in [9.17, 15) is 0 Å². The molecule has 1 aromatic carbocycles. The first kappa shape index (κ1) is 12.4. The molecule has 0 saturated carbocycles. The Morgan fingerprint density at radius 3 is 2.78 bits per heavy atom. The molecule has 96 valence electrons. The predicted molar refractivity (Wildman–Crippen MR) is 69.8 cm³/mol. The molecule has 0 bridgehead atoms. The predicted octanol–water partition coefficient (Wildman–Crippen LogP) is 1.53. The van der Waals surface area contributed by atoms with Crippen molar-refractivity contribution in [3.8, 4) is 22.6 Å². The zero-order valence-electron chi connectivity index (χ0n) is 10.6. The van der Waals surface area contributed by atoms with Gasteiger partial charge < -0.3 is 15.2 Å². The quantitative estimate of drug-likeness (QED) is 0.870. The van der Waals surface area contributed by atoms with Crippen molar-refractivity contribution in [1.29, 1.82) is 0 Å². The Morgan fingerprint density at radius 1 is 1.28 bits per heavy atom. The third-order valence-corrected chi connectivity index (χ3v) is 2.71. The highest BCUT2D eigenvalue weighted by Gasteiger charge is 2.09. The summed E-state index contributed by atoms with van der Waals surface area (Å²) >= 11 is 0. The fraction of sp³-hybridized carbons (Fsp3) is 0.308. The minimum absolute atomic E-state index is 0.570. The molecule has 2 N–H and O–H groups in total. The van der Waals surface area contributed by atoms with Gasteiger partial charge in [0.2, 0.25) is 0 Å². The van der Waals surface area contributed by atoms with Crippen LogP contribution in [0.4, 0.5) is 0 Å². The lowest BCUT2D eigenvalue weighted by atomic mass is 10.1. The first-order valence-corrected chi connectivity index (χ1v) is 5.73. The lowest BCUT2D eigenvalue weighted by molar-refractivity contribution is 0.395. The van der Waals surface area contributed by atoms with Crippen molar-refractivity contribution >= 4 is 0 Å². The van der Waals surface area contributed by atoms with E-state index in [0.717, 1.165) is 22.6 Å². The Balaban J connectivity index is 2.36. The number of nitrogens with two attached hydrogens (primary N) is 1. The normalized spacial score (nSPS) is 10.4. The zero-order valence-corrected chi connectivity index (χ0v) is 10.6. The van der Waals surface area contributed by atoms with Crippen LogP contribution in [0.3, 0.4) is 0 Å². The molecule has 0 unspecified atom stereocenters. The maximum Gasteiger partial charge on any atom is 0.130 e. The molecule has 0 aliphatic rings. The smallest absolute Gasteiger partial charge is 0.130 e. The molecule has 1 heterocycles. The molecular weight excluding hydrogens is 230 g/mol. The van der Waals surface area contributed by atoms with Gasteiger partial charge in [-0.25, -0.2) is 0 Å². The molecule has 18 heavy (non-hydrogen) atoms. The summed E-state index contributed by atoms with van der Waals surface area (Å²) in [5.41, 5.74) is 7.49. The second-order valence-electron chi connectivity index (χ2n) is 3.85. The number of methoxy groups -OCH3 is 2. The Kier molecular flexibility index (Phi) is 3.84. The van der Waals surface area contributed by atoms with E-state index in [-0.39, 0.29) is 0 Å². The maximum atomic E-state index is 5.50. The van der Waals surface area contributed by atoms with Gasteiger partial charge in [-0.2, -0.15) is 5.10 Å². The standard InChI is InChI=1S/C13H17N3O2/c1-17-11-3-4-12(13(7-11)18-2)10-8-15-16(9-10)6-5-14/h3-4,7-9H,5-6,14H2,1-2H3. The summed E-state index contributed by atoms with van der Waals surface area (Å²) in [6.07, 6.45) is 3.76. The maximum absolute atomic E-state index is 5.50. The van der Waals surface area contributed by atoms with Gasteiger partial charge in [0.15, 0.2) is 0 Å². The number of nitrogens with zero attached hydrogens (tertiary/aromatic N) is 2. The third-order valence-electron chi connectivity index (χ3n) is 2.71. The summed E-state index contributed by atoms with van der Waals surface area (Å²) in [6, 6.07) is 5.72. The molecule has 1 aromatic heterocycles. The molecule has 2 rings (SSSR count). The largest absolute Gasteiger partial charge is 0.497 e. The third kappa shape index (κ3) is 2.46. The molecule has 5 heteroatoms. The van der Waals surface area contributed by atoms with Gasteiger partial charge in [0.1, 0.15) is 11.5 Å². The highest BCUT2D eigenvalue weighted by atomic mass is 16.5. The van der Waals surface area contributed by atoms with Crippen molar-refractivity contribution in [2.75, 3.05) is 20.8 Å². The Bertz CT molecular complexity index is 523. The van der Waals surface area contributed by atoms with Crippen molar-refractivity contribution < 1.29 is 9.47 Å². The van der Waals surface area contributed by atoms with E-state index in [2.05, 4.69) is 5.10 Å². The molecule has 0 saturated heterocycles. The zero-order chi connectivity index (χ0) is 13.0. The van der Waals surface area contributed by atoms with Gasteiger partial charge in [-0.05, 0) is 12.1 Å². The molecule has 0 amide bonds. The summed E-state index contributed by atoms with van der Waals surface area (Å²) in [5.74, 6) is 1.53. The molecule has 2 aromatic rings. The number of aromatic nitrogens is 2. The SMILES string of the molecule is COc1ccc(-c2cnn(CCN)c2)c(OC)c1. The Hall–Kier alpha value is -2.01. The molecule has 0 aliphatic heterocycles. The van der Waals surface area contributed by atoms with Crippen LogP contribution >= 0.6 is 0 Å². The average molecular weight is 247 g/mol. The summed E-state index contributed by atoms with van der Waals surface area (Å²) in [5, 5.41) is 4.25. The minimum Gasteiger partial charge on any atom is -0.497 e. The van der Waals surface area contributed by atoms with Crippen molar-refractivity contribution in [2.45, 2.75) is 6.54 Å². The molecule has 5 nitrogen and oxygen atoms in total. The fourth-order valence-electron chi connectivity index (χ4n) is 1.79. The first-order valence-electron chi connectivity index (χ1n) is 5.73. The molecule has 0 fully saturated rings. The topological polar surface area (TPSA) is 62.3 Å². The van der Waals surface area contributed by atoms with Gasteiger partial charge in [-0.15, -0.1) is 0 Å². The Labute approximate surface area is 106 Å². The van der Waals surface area contributed by atoms with Gasteiger partial charge in [0, 0.05) is 29.9 Å². The van der Waals surface area contributed by atoms with Crippen LogP contribution in [0, 0.1) is 0 Å².